The van der Waals surface area contributed by atoms with Gasteiger partial charge in [-0.3, -0.25) is 9.59 Å². The Labute approximate surface area is 117 Å². The first kappa shape index (κ1) is 13.0. The van der Waals surface area contributed by atoms with Crippen LogP contribution in [0.5, 0.6) is 5.75 Å². The fourth-order valence-electron chi connectivity index (χ4n) is 2.99. The lowest BCUT2D eigenvalue weighted by Gasteiger charge is -2.25. The number of ether oxygens (including phenoxy) is 1. The van der Waals surface area contributed by atoms with Gasteiger partial charge in [0.15, 0.2) is 0 Å². The van der Waals surface area contributed by atoms with E-state index < -0.39 is 0 Å². The summed E-state index contributed by atoms with van der Waals surface area (Å²) in [5.74, 6) is 0.607. The maximum absolute atomic E-state index is 12.5. The zero-order valence-electron chi connectivity index (χ0n) is 11.5. The molecular formula is C15H18N2O3. The molecule has 0 saturated carbocycles. The van der Waals surface area contributed by atoms with Crippen molar-refractivity contribution in [2.24, 2.45) is 0 Å². The van der Waals surface area contributed by atoms with E-state index in [9.17, 15) is 9.59 Å². The Balaban J connectivity index is 1.91. The van der Waals surface area contributed by atoms with Crippen molar-refractivity contribution in [1.29, 1.82) is 0 Å². The molecule has 2 aliphatic rings. The third kappa shape index (κ3) is 2.03. The number of benzene rings is 1. The van der Waals surface area contributed by atoms with Gasteiger partial charge in [-0.1, -0.05) is 6.07 Å². The van der Waals surface area contributed by atoms with E-state index in [1.165, 1.54) is 0 Å². The molecule has 0 radical (unpaired) electrons. The van der Waals surface area contributed by atoms with Gasteiger partial charge in [0.25, 0.3) is 5.91 Å². The van der Waals surface area contributed by atoms with Crippen LogP contribution in [-0.4, -0.2) is 36.4 Å². The molecular weight excluding hydrogens is 256 g/mol. The van der Waals surface area contributed by atoms with E-state index in [-0.39, 0.29) is 17.9 Å². The number of fused-ring (bicyclic) bond motifs is 1. The predicted octanol–water partition coefficient (Wildman–Crippen LogP) is 1.32. The van der Waals surface area contributed by atoms with E-state index in [0.717, 1.165) is 24.8 Å². The number of carbonyl (C=O) groups is 2. The van der Waals surface area contributed by atoms with Crippen LogP contribution < -0.4 is 10.1 Å². The number of carbonyl (C=O) groups excluding carboxylic acids is 2. The zero-order valence-corrected chi connectivity index (χ0v) is 11.5. The van der Waals surface area contributed by atoms with Crippen molar-refractivity contribution < 1.29 is 14.3 Å². The predicted molar refractivity (Wildman–Crippen MR) is 73.5 cm³/mol. The molecule has 2 aliphatic heterocycles. The normalized spacial score (nSPS) is 22.2. The molecule has 1 aromatic carbocycles. The lowest BCUT2D eigenvalue weighted by molar-refractivity contribution is -0.125. The van der Waals surface area contributed by atoms with Crippen molar-refractivity contribution in [3.63, 3.8) is 0 Å². The summed E-state index contributed by atoms with van der Waals surface area (Å²) in [7, 11) is 1.60. The van der Waals surface area contributed by atoms with Gasteiger partial charge in [-0.05, 0) is 31.4 Å². The second-order valence-electron chi connectivity index (χ2n) is 5.22. The monoisotopic (exact) mass is 274 g/mol. The first-order chi connectivity index (χ1) is 9.72. The van der Waals surface area contributed by atoms with Gasteiger partial charge in [0.1, 0.15) is 11.8 Å². The minimum atomic E-state index is -0.359. The van der Waals surface area contributed by atoms with Crippen molar-refractivity contribution in [1.82, 2.24) is 10.2 Å². The molecule has 0 aliphatic carbocycles. The van der Waals surface area contributed by atoms with Crippen LogP contribution >= 0.6 is 0 Å². The molecule has 3 rings (SSSR count). The van der Waals surface area contributed by atoms with E-state index in [1.807, 2.05) is 12.1 Å². The van der Waals surface area contributed by atoms with Crippen LogP contribution in [0.15, 0.2) is 18.2 Å². The molecule has 1 aromatic rings. The van der Waals surface area contributed by atoms with Gasteiger partial charge in [-0.2, -0.15) is 0 Å². The number of hydrogen-bond acceptors (Lipinski definition) is 3. The average molecular weight is 274 g/mol. The van der Waals surface area contributed by atoms with Crippen LogP contribution in [-0.2, 0) is 11.3 Å². The first-order valence-electron chi connectivity index (χ1n) is 6.97. The van der Waals surface area contributed by atoms with Crippen molar-refractivity contribution in [3.8, 4) is 5.75 Å². The number of nitrogens with one attached hydrogen (secondary N) is 1. The van der Waals surface area contributed by atoms with Gasteiger partial charge in [0.05, 0.1) is 13.7 Å². The second kappa shape index (κ2) is 5.15. The van der Waals surface area contributed by atoms with Crippen LogP contribution in [0.25, 0.3) is 0 Å². The number of rotatable bonds is 2. The van der Waals surface area contributed by atoms with Gasteiger partial charge in [0.2, 0.25) is 5.91 Å². The molecule has 1 fully saturated rings. The third-order valence-electron chi connectivity index (χ3n) is 4.06. The Bertz CT molecular complexity index is 556. The molecule has 5 nitrogen and oxygen atoms in total. The van der Waals surface area contributed by atoms with Gasteiger partial charge in [-0.15, -0.1) is 0 Å². The number of nitrogens with zero attached hydrogens (tertiary/aromatic N) is 1. The highest BCUT2D eigenvalue weighted by Gasteiger charge is 2.37. The van der Waals surface area contributed by atoms with Crippen LogP contribution in [0, 0.1) is 0 Å². The Morgan fingerprint density at radius 1 is 1.30 bits per heavy atom. The van der Waals surface area contributed by atoms with Crippen LogP contribution in [0.4, 0.5) is 0 Å². The molecule has 1 N–H and O–H groups in total. The molecule has 5 heteroatoms. The fourth-order valence-corrected chi connectivity index (χ4v) is 2.99. The summed E-state index contributed by atoms with van der Waals surface area (Å²) in [6, 6.07) is 5.10. The van der Waals surface area contributed by atoms with E-state index in [2.05, 4.69) is 5.32 Å². The molecule has 1 atom stereocenters. The van der Waals surface area contributed by atoms with Gasteiger partial charge in [-0.25, -0.2) is 0 Å². The summed E-state index contributed by atoms with van der Waals surface area (Å²) in [6.07, 6.45) is 2.66. The molecule has 0 spiro atoms. The maximum Gasteiger partial charge on any atom is 0.255 e. The van der Waals surface area contributed by atoms with Gasteiger partial charge >= 0.3 is 0 Å². The molecule has 106 valence electrons. The zero-order chi connectivity index (χ0) is 14.1. The molecule has 0 aromatic heterocycles. The lowest BCUT2D eigenvalue weighted by atomic mass is 10.1. The van der Waals surface area contributed by atoms with Crippen LogP contribution in [0.3, 0.4) is 0 Å². The Morgan fingerprint density at radius 2 is 2.15 bits per heavy atom. The topological polar surface area (TPSA) is 58.6 Å². The van der Waals surface area contributed by atoms with Crippen molar-refractivity contribution in [2.45, 2.75) is 31.8 Å². The standard InChI is InChI=1S/C15H18N2O3/c1-20-13-7-4-5-10-11(13)9-17(15(10)19)12-6-2-3-8-16-14(12)18/h4-5,7,12H,2-3,6,8-9H2,1H3,(H,16,18)/t12-/m0/s1. The summed E-state index contributed by atoms with van der Waals surface area (Å²) in [4.78, 5) is 26.3. The molecule has 0 unspecified atom stereocenters. The van der Waals surface area contributed by atoms with Gasteiger partial charge in [0, 0.05) is 17.7 Å². The average Bonchev–Trinajstić information content (AvgIpc) is 2.65. The second-order valence-corrected chi connectivity index (χ2v) is 5.22. The SMILES string of the molecule is COc1cccc2c1CN([C@H]1CCCCNC1=O)C2=O. The minimum Gasteiger partial charge on any atom is -0.496 e. The molecule has 1 saturated heterocycles. The van der Waals surface area contributed by atoms with E-state index >= 15 is 0 Å². The quantitative estimate of drug-likeness (QED) is 0.885. The molecule has 0 bridgehead atoms. The Morgan fingerprint density at radius 3 is 2.95 bits per heavy atom. The molecule has 2 heterocycles. The molecule has 2 amide bonds. The summed E-state index contributed by atoms with van der Waals surface area (Å²) in [5, 5.41) is 2.88. The summed E-state index contributed by atoms with van der Waals surface area (Å²) in [5.41, 5.74) is 1.54. The van der Waals surface area contributed by atoms with Crippen LogP contribution in [0.1, 0.15) is 35.2 Å². The number of hydrogen-bond donors (Lipinski definition) is 1. The lowest BCUT2D eigenvalue weighted by Crippen LogP contribution is -2.45. The fraction of sp³-hybridized carbons (Fsp3) is 0.467. The highest BCUT2D eigenvalue weighted by molar-refractivity contribution is 6.01. The Hall–Kier alpha value is -2.04. The highest BCUT2D eigenvalue weighted by Crippen LogP contribution is 2.33. The van der Waals surface area contributed by atoms with Gasteiger partial charge < -0.3 is 15.0 Å². The van der Waals surface area contributed by atoms with Crippen molar-refractivity contribution in [3.05, 3.63) is 29.3 Å². The summed E-state index contributed by atoms with van der Waals surface area (Å²) in [6.45, 7) is 1.16. The maximum atomic E-state index is 12.5. The highest BCUT2D eigenvalue weighted by atomic mass is 16.5. The number of methoxy groups -OCH3 is 1. The van der Waals surface area contributed by atoms with E-state index in [1.54, 1.807) is 18.1 Å². The number of amides is 2. The van der Waals surface area contributed by atoms with E-state index in [0.29, 0.717) is 24.4 Å². The third-order valence-corrected chi connectivity index (χ3v) is 4.06. The smallest absolute Gasteiger partial charge is 0.255 e. The van der Waals surface area contributed by atoms with Crippen molar-refractivity contribution >= 4 is 11.8 Å². The molecule has 20 heavy (non-hydrogen) atoms. The Kier molecular flexibility index (Phi) is 3.34. The first-order valence-corrected chi connectivity index (χ1v) is 6.97. The van der Waals surface area contributed by atoms with Crippen LogP contribution in [0.2, 0.25) is 0 Å². The van der Waals surface area contributed by atoms with Crippen molar-refractivity contribution in [2.75, 3.05) is 13.7 Å². The summed E-state index contributed by atoms with van der Waals surface area (Å²) < 4.78 is 5.31. The largest absolute Gasteiger partial charge is 0.496 e. The minimum absolute atomic E-state index is 0.0392. The van der Waals surface area contributed by atoms with E-state index in [4.69, 9.17) is 4.74 Å². The summed E-state index contributed by atoms with van der Waals surface area (Å²) >= 11 is 0.